The molecule has 100 valence electrons. The summed E-state index contributed by atoms with van der Waals surface area (Å²) in [5.74, 6) is 0.506. The van der Waals surface area contributed by atoms with Crippen LogP contribution in [0.25, 0.3) is 0 Å². The zero-order valence-electron chi connectivity index (χ0n) is 10.2. The number of pyridine rings is 1. The Hall–Kier alpha value is -1.93. The van der Waals surface area contributed by atoms with Gasteiger partial charge in [-0.15, -0.1) is 0 Å². The second-order valence-electron chi connectivity index (χ2n) is 4.12. The molecule has 0 saturated heterocycles. The van der Waals surface area contributed by atoms with Crippen LogP contribution < -0.4 is 10.1 Å². The summed E-state index contributed by atoms with van der Waals surface area (Å²) in [6, 6.07) is 2.96. The highest BCUT2D eigenvalue weighted by Crippen LogP contribution is 2.18. The number of fused-ring (bicyclic) bond motifs is 1. The van der Waals surface area contributed by atoms with Crippen LogP contribution in [0.1, 0.15) is 11.3 Å². The lowest BCUT2D eigenvalue weighted by Gasteiger charge is -2.04. The molecule has 1 aliphatic rings. The molecule has 2 aromatic heterocycles. The van der Waals surface area contributed by atoms with Crippen molar-refractivity contribution in [1.29, 1.82) is 0 Å². The first kappa shape index (κ1) is 12.1. The van der Waals surface area contributed by atoms with Gasteiger partial charge >= 0.3 is 0 Å². The molecular formula is C11H12N4O3S. The zero-order chi connectivity index (χ0) is 13.5. The first-order chi connectivity index (χ1) is 9.11. The molecule has 0 unspecified atom stereocenters. The molecule has 8 heteroatoms. The lowest BCUT2D eigenvalue weighted by Crippen LogP contribution is -2.16. The molecule has 7 nitrogen and oxygen atoms in total. The van der Waals surface area contributed by atoms with Gasteiger partial charge < -0.3 is 10.1 Å². The molecule has 3 rings (SSSR count). The lowest BCUT2D eigenvalue weighted by atomic mass is 10.3. The quantitative estimate of drug-likeness (QED) is 0.860. The van der Waals surface area contributed by atoms with E-state index in [4.69, 9.17) is 4.74 Å². The molecule has 0 aromatic carbocycles. The molecular weight excluding hydrogens is 268 g/mol. The number of rotatable bonds is 3. The second kappa shape index (κ2) is 4.32. The molecule has 0 radical (unpaired) electrons. The molecule has 0 amide bonds. The highest BCUT2D eigenvalue weighted by atomic mass is 32.2. The van der Waals surface area contributed by atoms with Crippen molar-refractivity contribution in [3.05, 3.63) is 35.8 Å². The monoisotopic (exact) mass is 280 g/mol. The van der Waals surface area contributed by atoms with E-state index in [1.165, 1.54) is 25.6 Å². The van der Waals surface area contributed by atoms with E-state index in [0.717, 1.165) is 15.3 Å². The summed E-state index contributed by atoms with van der Waals surface area (Å²) < 4.78 is 30.6. The van der Waals surface area contributed by atoms with Crippen LogP contribution in [0, 0.1) is 0 Å². The summed E-state index contributed by atoms with van der Waals surface area (Å²) in [5, 5.41) is 7.12. The maximum Gasteiger partial charge on any atom is 0.300 e. The number of hydrogen-bond acceptors (Lipinski definition) is 6. The SMILES string of the molecule is COc1ccc(S(=O)(=O)n2cc3c(n2)CNC3)nc1. The van der Waals surface area contributed by atoms with E-state index in [-0.39, 0.29) is 5.03 Å². The Kier molecular flexibility index (Phi) is 2.76. The van der Waals surface area contributed by atoms with Crippen LogP contribution in [0.4, 0.5) is 0 Å². The van der Waals surface area contributed by atoms with Gasteiger partial charge in [0.25, 0.3) is 10.0 Å². The summed E-state index contributed by atoms with van der Waals surface area (Å²) in [4.78, 5) is 3.89. The van der Waals surface area contributed by atoms with E-state index in [2.05, 4.69) is 15.4 Å². The van der Waals surface area contributed by atoms with Crippen LogP contribution in [0.15, 0.2) is 29.6 Å². The van der Waals surface area contributed by atoms with E-state index in [1.54, 1.807) is 6.07 Å². The number of methoxy groups -OCH3 is 1. The minimum absolute atomic E-state index is 0.0533. The van der Waals surface area contributed by atoms with Gasteiger partial charge in [0.1, 0.15) is 5.75 Å². The smallest absolute Gasteiger partial charge is 0.300 e. The minimum Gasteiger partial charge on any atom is -0.495 e. The van der Waals surface area contributed by atoms with Gasteiger partial charge in [-0.2, -0.15) is 17.6 Å². The predicted octanol–water partition coefficient (Wildman–Crippen LogP) is 0.127. The van der Waals surface area contributed by atoms with Crippen molar-refractivity contribution in [3.8, 4) is 5.75 Å². The van der Waals surface area contributed by atoms with E-state index >= 15 is 0 Å². The van der Waals surface area contributed by atoms with Crippen molar-refractivity contribution in [3.63, 3.8) is 0 Å². The molecule has 0 aliphatic carbocycles. The third-order valence-electron chi connectivity index (χ3n) is 2.92. The van der Waals surface area contributed by atoms with Gasteiger partial charge in [0.05, 0.1) is 19.0 Å². The zero-order valence-corrected chi connectivity index (χ0v) is 11.0. The molecule has 19 heavy (non-hydrogen) atoms. The van der Waals surface area contributed by atoms with Crippen LogP contribution in [0.3, 0.4) is 0 Å². The average molecular weight is 280 g/mol. The van der Waals surface area contributed by atoms with Crippen molar-refractivity contribution in [2.75, 3.05) is 7.11 Å². The summed E-state index contributed by atoms with van der Waals surface area (Å²) >= 11 is 0. The van der Waals surface area contributed by atoms with Crippen LogP contribution in [0.5, 0.6) is 5.75 Å². The number of nitrogens with zero attached hydrogens (tertiary/aromatic N) is 3. The second-order valence-corrected chi connectivity index (χ2v) is 5.86. The van der Waals surface area contributed by atoms with Gasteiger partial charge in [0.2, 0.25) is 0 Å². The normalized spacial score (nSPS) is 14.4. The Labute approximate surface area is 110 Å². The van der Waals surface area contributed by atoms with Crippen LogP contribution in [-0.4, -0.2) is 29.7 Å². The van der Waals surface area contributed by atoms with E-state index in [0.29, 0.717) is 18.8 Å². The molecule has 0 bridgehead atoms. The van der Waals surface area contributed by atoms with Crippen molar-refractivity contribution in [2.24, 2.45) is 0 Å². The molecule has 1 N–H and O–H groups in total. The van der Waals surface area contributed by atoms with Gasteiger partial charge in [-0.1, -0.05) is 0 Å². The van der Waals surface area contributed by atoms with Gasteiger partial charge in [-0.05, 0) is 12.1 Å². The van der Waals surface area contributed by atoms with Gasteiger partial charge in [-0.25, -0.2) is 4.98 Å². The fraction of sp³-hybridized carbons (Fsp3) is 0.273. The fourth-order valence-electron chi connectivity index (χ4n) is 1.89. The molecule has 2 aromatic rings. The molecule has 0 spiro atoms. The Morgan fingerprint density at radius 2 is 2.21 bits per heavy atom. The predicted molar refractivity (Wildman–Crippen MR) is 66.1 cm³/mol. The topological polar surface area (TPSA) is 86.1 Å². The number of hydrogen-bond donors (Lipinski definition) is 1. The third-order valence-corrected chi connectivity index (χ3v) is 4.37. The highest BCUT2D eigenvalue weighted by Gasteiger charge is 2.23. The summed E-state index contributed by atoms with van der Waals surface area (Å²) in [6.07, 6.45) is 2.89. The fourth-order valence-corrected chi connectivity index (χ4v) is 2.98. The van der Waals surface area contributed by atoms with E-state index in [9.17, 15) is 8.42 Å². The lowest BCUT2D eigenvalue weighted by molar-refractivity contribution is 0.412. The third kappa shape index (κ3) is 1.98. The van der Waals surface area contributed by atoms with Gasteiger partial charge in [-0.3, -0.25) is 0 Å². The van der Waals surface area contributed by atoms with Gasteiger partial charge in [0.15, 0.2) is 5.03 Å². The Balaban J connectivity index is 2.01. The molecule has 0 fully saturated rings. The van der Waals surface area contributed by atoms with Gasteiger partial charge in [0, 0.05) is 24.8 Å². The van der Waals surface area contributed by atoms with Crippen molar-refractivity contribution < 1.29 is 13.2 Å². The first-order valence-corrected chi connectivity index (χ1v) is 7.09. The summed E-state index contributed by atoms with van der Waals surface area (Å²) in [6.45, 7) is 1.23. The van der Waals surface area contributed by atoms with Crippen LogP contribution in [-0.2, 0) is 23.1 Å². The number of aromatic nitrogens is 3. The summed E-state index contributed by atoms with van der Waals surface area (Å²) in [7, 11) is -2.23. The molecule has 1 aliphatic heterocycles. The maximum absolute atomic E-state index is 12.3. The van der Waals surface area contributed by atoms with Crippen molar-refractivity contribution in [2.45, 2.75) is 18.1 Å². The Morgan fingerprint density at radius 1 is 1.37 bits per heavy atom. The van der Waals surface area contributed by atoms with E-state index < -0.39 is 10.0 Å². The largest absolute Gasteiger partial charge is 0.495 e. The average Bonchev–Trinajstić information content (AvgIpc) is 2.99. The number of ether oxygens (including phenoxy) is 1. The van der Waals surface area contributed by atoms with Crippen LogP contribution >= 0.6 is 0 Å². The van der Waals surface area contributed by atoms with Crippen molar-refractivity contribution in [1.82, 2.24) is 19.5 Å². The van der Waals surface area contributed by atoms with E-state index in [1.807, 2.05) is 0 Å². The first-order valence-electron chi connectivity index (χ1n) is 5.65. The molecule has 0 atom stereocenters. The maximum atomic E-state index is 12.3. The molecule has 0 saturated carbocycles. The summed E-state index contributed by atoms with van der Waals surface area (Å²) in [5.41, 5.74) is 1.66. The Bertz CT molecular complexity index is 685. The standard InChI is InChI=1S/C11H12N4O3S/c1-18-9-2-3-11(13-5-9)19(16,17)15-7-8-4-12-6-10(8)14-15/h2-3,5,7,12H,4,6H2,1H3. The molecule has 3 heterocycles. The Morgan fingerprint density at radius 3 is 2.84 bits per heavy atom. The van der Waals surface area contributed by atoms with Crippen LogP contribution in [0.2, 0.25) is 0 Å². The minimum atomic E-state index is -3.73. The number of nitrogens with one attached hydrogen (secondary N) is 1. The highest BCUT2D eigenvalue weighted by molar-refractivity contribution is 7.89. The van der Waals surface area contributed by atoms with Crippen molar-refractivity contribution >= 4 is 10.0 Å².